The minimum atomic E-state index is -0.168. The first-order valence-corrected chi connectivity index (χ1v) is 15.8. The van der Waals surface area contributed by atoms with Gasteiger partial charge in [0.2, 0.25) is 0 Å². The van der Waals surface area contributed by atoms with E-state index in [0.717, 1.165) is 66.8 Å². The van der Waals surface area contributed by atoms with Gasteiger partial charge in [-0.05, 0) is 124 Å². The van der Waals surface area contributed by atoms with Crippen LogP contribution in [0.3, 0.4) is 0 Å². The predicted octanol–water partition coefficient (Wildman–Crippen LogP) is 8.53. The molecule has 5 rings (SSSR count). The fourth-order valence-corrected chi connectivity index (χ4v) is 5.92. The summed E-state index contributed by atoms with van der Waals surface area (Å²) >= 11 is 6.47. The number of unbranched alkanes of at least 4 members (excludes halogenated alkanes) is 2. The average Bonchev–Trinajstić information content (AvgIpc) is 3.20. The molecule has 4 aromatic carbocycles. The number of carbonyl (C=O) groups excluding carboxylic acids is 2. The largest absolute Gasteiger partial charge is 0.494 e. The van der Waals surface area contributed by atoms with Crippen molar-refractivity contribution in [3.63, 3.8) is 0 Å². The quantitative estimate of drug-likeness (QED) is 0.167. The lowest BCUT2D eigenvalue weighted by Gasteiger charge is -2.25. The van der Waals surface area contributed by atoms with E-state index in [1.165, 1.54) is 0 Å². The summed E-state index contributed by atoms with van der Waals surface area (Å²) in [6.45, 7) is 6.03. The maximum atomic E-state index is 14.0. The number of nitrogens with one attached hydrogen (secondary N) is 2. The molecule has 0 saturated heterocycles. The summed E-state index contributed by atoms with van der Waals surface area (Å²) in [6.07, 6.45) is 4.89. The van der Waals surface area contributed by atoms with Crippen molar-refractivity contribution in [2.45, 2.75) is 52.0 Å². The van der Waals surface area contributed by atoms with E-state index in [2.05, 4.69) is 10.6 Å². The molecule has 0 aromatic heterocycles. The molecular weight excluding hydrogens is 570 g/mol. The number of hydrogen-bond acceptors (Lipinski definition) is 4. The lowest BCUT2D eigenvalue weighted by molar-refractivity contribution is 0.0985. The van der Waals surface area contributed by atoms with Crippen LogP contribution < -0.4 is 20.3 Å². The number of halogens is 1. The maximum absolute atomic E-state index is 14.0. The molecule has 2 amide bonds. The van der Waals surface area contributed by atoms with Crippen LogP contribution in [0.25, 0.3) is 0 Å². The minimum Gasteiger partial charge on any atom is -0.494 e. The molecule has 1 aliphatic heterocycles. The number of rotatable bonds is 11. The summed E-state index contributed by atoms with van der Waals surface area (Å²) in [4.78, 5) is 28.7. The Morgan fingerprint density at radius 2 is 1.66 bits per heavy atom. The Bertz CT molecular complexity index is 1590. The van der Waals surface area contributed by atoms with E-state index in [9.17, 15) is 9.59 Å². The smallest absolute Gasteiger partial charge is 0.258 e. The van der Waals surface area contributed by atoms with Crippen molar-refractivity contribution in [2.24, 2.45) is 0 Å². The van der Waals surface area contributed by atoms with Crippen LogP contribution in [-0.4, -0.2) is 31.5 Å². The van der Waals surface area contributed by atoms with Gasteiger partial charge >= 0.3 is 0 Å². The second-order valence-electron chi connectivity index (χ2n) is 11.3. The number of nitrogens with zero attached hydrogens (tertiary/aromatic N) is 1. The van der Waals surface area contributed by atoms with Crippen molar-refractivity contribution in [3.8, 4) is 5.75 Å². The van der Waals surface area contributed by atoms with Crippen molar-refractivity contribution in [1.82, 2.24) is 5.32 Å². The number of hydrogen-bond donors (Lipinski definition) is 2. The lowest BCUT2D eigenvalue weighted by Crippen LogP contribution is -2.32. The van der Waals surface area contributed by atoms with Crippen LogP contribution in [0.15, 0.2) is 91.0 Å². The normalized spacial score (nSPS) is 14.4. The van der Waals surface area contributed by atoms with Gasteiger partial charge in [0.15, 0.2) is 0 Å². The van der Waals surface area contributed by atoms with Gasteiger partial charge in [-0.3, -0.25) is 9.59 Å². The Kier molecular flexibility index (Phi) is 10.7. The lowest BCUT2D eigenvalue weighted by atomic mass is 10.0. The SMILES string of the molecule is Cc1ccccc1C(=O)Nc1ccc(C(=O)N2CCCC(NCCCCCOc3ccccc3)c3cc(Cl)ccc32)c(C)c1. The molecule has 7 heteroatoms. The number of anilines is 2. The van der Waals surface area contributed by atoms with Gasteiger partial charge in [0.25, 0.3) is 11.8 Å². The molecule has 0 radical (unpaired) electrons. The highest BCUT2D eigenvalue weighted by molar-refractivity contribution is 6.30. The molecule has 1 aliphatic rings. The molecule has 0 bridgehead atoms. The van der Waals surface area contributed by atoms with Gasteiger partial charge in [-0.1, -0.05) is 48.0 Å². The first-order chi connectivity index (χ1) is 21.4. The number of benzene rings is 4. The summed E-state index contributed by atoms with van der Waals surface area (Å²) in [5, 5.41) is 7.36. The molecule has 0 spiro atoms. The van der Waals surface area contributed by atoms with Gasteiger partial charge in [-0.15, -0.1) is 0 Å². The van der Waals surface area contributed by atoms with Gasteiger partial charge < -0.3 is 20.3 Å². The Hall–Kier alpha value is -4.13. The van der Waals surface area contributed by atoms with Gasteiger partial charge in [-0.2, -0.15) is 0 Å². The van der Waals surface area contributed by atoms with Gasteiger partial charge in [0, 0.05) is 40.1 Å². The summed E-state index contributed by atoms with van der Waals surface area (Å²) in [5.74, 6) is 0.689. The predicted molar refractivity (Wildman–Crippen MR) is 179 cm³/mol. The molecule has 1 heterocycles. The van der Waals surface area contributed by atoms with Crippen LogP contribution >= 0.6 is 11.6 Å². The summed E-state index contributed by atoms with van der Waals surface area (Å²) < 4.78 is 5.81. The van der Waals surface area contributed by atoms with E-state index >= 15 is 0 Å². The molecule has 44 heavy (non-hydrogen) atoms. The first kappa shape index (κ1) is 31.3. The highest BCUT2D eigenvalue weighted by atomic mass is 35.5. The van der Waals surface area contributed by atoms with Crippen LogP contribution in [0.1, 0.15) is 75.6 Å². The van der Waals surface area contributed by atoms with Crippen LogP contribution in [0.4, 0.5) is 11.4 Å². The van der Waals surface area contributed by atoms with E-state index in [-0.39, 0.29) is 17.9 Å². The number of fused-ring (bicyclic) bond motifs is 1. The zero-order valence-electron chi connectivity index (χ0n) is 25.4. The van der Waals surface area contributed by atoms with Crippen LogP contribution in [0.2, 0.25) is 5.02 Å². The first-order valence-electron chi connectivity index (χ1n) is 15.4. The van der Waals surface area contributed by atoms with Gasteiger partial charge in [-0.25, -0.2) is 0 Å². The number of carbonyl (C=O) groups is 2. The van der Waals surface area contributed by atoms with Gasteiger partial charge in [0.05, 0.1) is 6.61 Å². The fourth-order valence-electron chi connectivity index (χ4n) is 5.74. The standard InChI is InChI=1S/C37H40ClN3O3/c1-26-12-7-8-15-31(26)36(42)40-29-18-19-32(27(2)24-29)37(43)41-22-11-16-34(33-25-28(38)17-20-35(33)41)39-21-9-4-10-23-44-30-13-5-3-6-14-30/h3,5-8,12-15,17-20,24-25,34,39H,4,9-11,16,21-23H2,1-2H3,(H,40,42). The molecule has 1 unspecified atom stereocenters. The third-order valence-electron chi connectivity index (χ3n) is 8.10. The summed E-state index contributed by atoms with van der Waals surface area (Å²) in [6, 6.07) is 28.8. The van der Waals surface area contributed by atoms with Crippen molar-refractivity contribution >= 4 is 34.8 Å². The maximum Gasteiger partial charge on any atom is 0.258 e. The topological polar surface area (TPSA) is 70.7 Å². The summed E-state index contributed by atoms with van der Waals surface area (Å²) in [7, 11) is 0. The third kappa shape index (κ3) is 7.87. The van der Waals surface area contributed by atoms with Gasteiger partial charge in [0.1, 0.15) is 5.75 Å². The van der Waals surface area contributed by atoms with Crippen LogP contribution in [0, 0.1) is 13.8 Å². The van der Waals surface area contributed by atoms with Crippen molar-refractivity contribution in [1.29, 1.82) is 0 Å². The van der Waals surface area contributed by atoms with E-state index < -0.39 is 0 Å². The molecule has 1 atom stereocenters. The van der Waals surface area contributed by atoms with Crippen LogP contribution in [-0.2, 0) is 0 Å². The van der Waals surface area contributed by atoms with E-state index in [0.29, 0.717) is 35.0 Å². The minimum absolute atomic E-state index is 0.0538. The Morgan fingerprint density at radius 3 is 2.45 bits per heavy atom. The second-order valence-corrected chi connectivity index (χ2v) is 11.8. The molecule has 228 valence electrons. The Balaban J connectivity index is 1.21. The number of amides is 2. The average molecular weight is 610 g/mol. The molecule has 0 aliphatic carbocycles. The Morgan fingerprint density at radius 1 is 0.864 bits per heavy atom. The zero-order valence-corrected chi connectivity index (χ0v) is 26.2. The molecule has 2 N–H and O–H groups in total. The molecular formula is C37H40ClN3O3. The second kappa shape index (κ2) is 15.0. The molecule has 0 saturated carbocycles. The van der Waals surface area contributed by atoms with Crippen molar-refractivity contribution in [3.05, 3.63) is 124 Å². The van der Waals surface area contributed by atoms with Crippen LogP contribution in [0.5, 0.6) is 5.75 Å². The van der Waals surface area contributed by atoms with Crippen molar-refractivity contribution < 1.29 is 14.3 Å². The molecule has 4 aromatic rings. The summed E-state index contributed by atoms with van der Waals surface area (Å²) in [5.41, 5.74) is 5.57. The number of para-hydroxylation sites is 1. The molecule has 0 fully saturated rings. The Labute approximate surface area is 265 Å². The fraction of sp³-hybridized carbons (Fsp3) is 0.297. The molecule has 6 nitrogen and oxygen atoms in total. The van der Waals surface area contributed by atoms with E-state index in [1.807, 2.05) is 104 Å². The highest BCUT2D eigenvalue weighted by Gasteiger charge is 2.28. The third-order valence-corrected chi connectivity index (χ3v) is 8.34. The number of aryl methyl sites for hydroxylation is 2. The highest BCUT2D eigenvalue weighted by Crippen LogP contribution is 2.36. The zero-order chi connectivity index (χ0) is 30.9. The number of ether oxygens (including phenoxy) is 1. The van der Waals surface area contributed by atoms with E-state index in [1.54, 1.807) is 6.07 Å². The monoisotopic (exact) mass is 609 g/mol. The van der Waals surface area contributed by atoms with Crippen molar-refractivity contribution in [2.75, 3.05) is 29.9 Å². The van der Waals surface area contributed by atoms with E-state index in [4.69, 9.17) is 16.3 Å².